The van der Waals surface area contributed by atoms with E-state index in [9.17, 15) is 18.0 Å². The maximum Gasteiger partial charge on any atom is 0.416 e. The van der Waals surface area contributed by atoms with E-state index in [2.05, 4.69) is 16.6 Å². The minimum absolute atomic E-state index is 0.0384. The number of nitrogens with zero attached hydrogens (tertiary/aromatic N) is 4. The smallest absolute Gasteiger partial charge is 0.416 e. The molecule has 31 heavy (non-hydrogen) atoms. The Balaban J connectivity index is 1.33. The minimum atomic E-state index is -4.40. The SMILES string of the molecule is C=C(N1CCC2(CC1)CN(Cc1cc(Cl)ccc1C(F)(F)F)C2)n1ccc(C(=O)O)n1. The van der Waals surface area contributed by atoms with Crippen molar-refractivity contribution in [3.63, 3.8) is 0 Å². The summed E-state index contributed by atoms with van der Waals surface area (Å²) in [6.07, 6.45) is -1.06. The molecule has 1 aromatic heterocycles. The number of rotatable bonds is 5. The number of alkyl halides is 3. The van der Waals surface area contributed by atoms with Crippen molar-refractivity contribution in [3.05, 3.63) is 58.9 Å². The third kappa shape index (κ3) is 4.43. The number of aromatic nitrogens is 2. The van der Waals surface area contributed by atoms with E-state index in [1.807, 2.05) is 4.90 Å². The molecule has 0 unspecified atom stereocenters. The normalized spacial score (nSPS) is 18.8. The number of benzene rings is 1. The van der Waals surface area contributed by atoms with Gasteiger partial charge in [0.15, 0.2) is 5.69 Å². The van der Waals surface area contributed by atoms with Gasteiger partial charge in [0.05, 0.1) is 5.56 Å². The fraction of sp³-hybridized carbons (Fsp3) is 0.429. The average Bonchev–Trinajstić information content (AvgIpc) is 3.16. The molecule has 6 nitrogen and oxygen atoms in total. The van der Waals surface area contributed by atoms with Crippen LogP contribution in [0.3, 0.4) is 0 Å². The Morgan fingerprint density at radius 2 is 1.90 bits per heavy atom. The van der Waals surface area contributed by atoms with Gasteiger partial charge in [-0.15, -0.1) is 0 Å². The van der Waals surface area contributed by atoms with Crippen LogP contribution in [0.15, 0.2) is 37.0 Å². The van der Waals surface area contributed by atoms with Gasteiger partial charge in [0.25, 0.3) is 0 Å². The number of aromatic carboxylic acids is 1. The second-order valence-corrected chi connectivity index (χ2v) is 8.73. The molecule has 4 rings (SSSR count). The van der Waals surface area contributed by atoms with Gasteiger partial charge < -0.3 is 10.0 Å². The second kappa shape index (κ2) is 7.87. The Morgan fingerprint density at radius 3 is 2.48 bits per heavy atom. The first-order chi connectivity index (χ1) is 14.6. The third-order valence-electron chi connectivity index (χ3n) is 6.15. The number of carboxylic acid groups (broad SMARTS) is 1. The molecule has 0 bridgehead atoms. The molecule has 2 saturated heterocycles. The van der Waals surface area contributed by atoms with Gasteiger partial charge in [-0.3, -0.25) is 4.90 Å². The lowest BCUT2D eigenvalue weighted by Crippen LogP contribution is -2.59. The van der Waals surface area contributed by atoms with Crippen LogP contribution in [0.1, 0.15) is 34.5 Å². The zero-order chi connectivity index (χ0) is 22.4. The van der Waals surface area contributed by atoms with Crippen LogP contribution in [0, 0.1) is 5.41 Å². The summed E-state index contributed by atoms with van der Waals surface area (Å²) in [5.41, 5.74) is -0.384. The summed E-state index contributed by atoms with van der Waals surface area (Å²) in [7, 11) is 0. The molecule has 0 saturated carbocycles. The van der Waals surface area contributed by atoms with Crippen LogP contribution < -0.4 is 0 Å². The van der Waals surface area contributed by atoms with Gasteiger partial charge in [-0.1, -0.05) is 18.2 Å². The van der Waals surface area contributed by atoms with Crippen molar-refractivity contribution in [2.75, 3.05) is 26.2 Å². The number of piperidine rings is 1. The summed E-state index contributed by atoms with van der Waals surface area (Å²) in [6.45, 7) is 7.20. The summed E-state index contributed by atoms with van der Waals surface area (Å²) >= 11 is 5.93. The van der Waals surface area contributed by atoms with Gasteiger partial charge in [-0.25, -0.2) is 9.48 Å². The molecule has 1 aromatic carbocycles. The second-order valence-electron chi connectivity index (χ2n) is 8.30. The van der Waals surface area contributed by atoms with E-state index in [1.165, 1.54) is 22.9 Å². The third-order valence-corrected chi connectivity index (χ3v) is 6.38. The quantitative estimate of drug-likeness (QED) is 0.730. The van der Waals surface area contributed by atoms with Crippen molar-refractivity contribution in [2.45, 2.75) is 25.6 Å². The van der Waals surface area contributed by atoms with Crippen molar-refractivity contribution >= 4 is 23.4 Å². The molecular weight excluding hydrogens is 433 g/mol. The predicted octanol–water partition coefficient (Wildman–Crippen LogP) is 4.28. The highest BCUT2D eigenvalue weighted by Crippen LogP contribution is 2.43. The zero-order valence-electron chi connectivity index (χ0n) is 16.7. The number of hydrogen-bond acceptors (Lipinski definition) is 4. The molecule has 2 fully saturated rings. The number of hydrogen-bond donors (Lipinski definition) is 1. The van der Waals surface area contributed by atoms with Crippen LogP contribution in [-0.4, -0.2) is 56.8 Å². The molecule has 0 amide bonds. The van der Waals surface area contributed by atoms with E-state index >= 15 is 0 Å². The summed E-state index contributed by atoms with van der Waals surface area (Å²) in [5, 5.41) is 13.3. The molecule has 2 aliphatic rings. The van der Waals surface area contributed by atoms with Gasteiger partial charge in [0.2, 0.25) is 0 Å². The van der Waals surface area contributed by atoms with Crippen molar-refractivity contribution < 1.29 is 23.1 Å². The Hall–Kier alpha value is -2.52. The van der Waals surface area contributed by atoms with E-state index in [4.69, 9.17) is 16.7 Å². The Bertz CT molecular complexity index is 1000. The zero-order valence-corrected chi connectivity index (χ0v) is 17.5. The van der Waals surface area contributed by atoms with Crippen molar-refractivity contribution in [2.24, 2.45) is 5.41 Å². The lowest BCUT2D eigenvalue weighted by molar-refractivity contribution is -0.139. The first-order valence-electron chi connectivity index (χ1n) is 9.88. The molecule has 0 radical (unpaired) electrons. The average molecular weight is 455 g/mol. The van der Waals surface area contributed by atoms with Crippen LogP contribution in [0.2, 0.25) is 5.02 Å². The first-order valence-corrected chi connectivity index (χ1v) is 10.3. The van der Waals surface area contributed by atoms with Gasteiger partial charge in [-0.05, 0) is 48.1 Å². The van der Waals surface area contributed by atoms with Crippen LogP contribution in [0.5, 0.6) is 0 Å². The highest BCUT2D eigenvalue weighted by molar-refractivity contribution is 6.30. The first kappa shape index (κ1) is 21.7. The van der Waals surface area contributed by atoms with Gasteiger partial charge in [0, 0.05) is 43.9 Å². The van der Waals surface area contributed by atoms with Crippen molar-refractivity contribution in [1.29, 1.82) is 0 Å². The lowest BCUT2D eigenvalue weighted by Gasteiger charge is -2.54. The van der Waals surface area contributed by atoms with E-state index in [0.717, 1.165) is 45.1 Å². The van der Waals surface area contributed by atoms with Crippen LogP contribution >= 0.6 is 11.6 Å². The molecule has 3 heterocycles. The number of halogens is 4. The summed E-state index contributed by atoms with van der Waals surface area (Å²) in [5.74, 6) is -0.473. The summed E-state index contributed by atoms with van der Waals surface area (Å²) in [6, 6.07) is 5.14. The molecule has 10 heteroatoms. The van der Waals surface area contributed by atoms with Gasteiger partial charge in [-0.2, -0.15) is 18.3 Å². The molecule has 2 aliphatic heterocycles. The molecule has 1 N–H and O–H groups in total. The monoisotopic (exact) mass is 454 g/mol. The molecular formula is C21H22ClF3N4O2. The molecule has 0 atom stereocenters. The van der Waals surface area contributed by atoms with Gasteiger partial charge >= 0.3 is 12.1 Å². The fourth-order valence-corrected chi connectivity index (χ4v) is 4.70. The van der Waals surface area contributed by atoms with E-state index in [1.54, 1.807) is 6.20 Å². The lowest BCUT2D eigenvalue weighted by atomic mass is 9.72. The maximum atomic E-state index is 13.3. The Morgan fingerprint density at radius 1 is 1.23 bits per heavy atom. The Labute approximate surface area is 182 Å². The Kier molecular flexibility index (Phi) is 5.51. The summed E-state index contributed by atoms with van der Waals surface area (Å²) < 4.78 is 41.3. The molecule has 166 valence electrons. The summed E-state index contributed by atoms with van der Waals surface area (Å²) in [4.78, 5) is 15.1. The molecule has 1 spiro atoms. The number of carboxylic acids is 1. The van der Waals surface area contributed by atoms with E-state index in [0.29, 0.717) is 10.8 Å². The predicted molar refractivity (Wildman–Crippen MR) is 109 cm³/mol. The van der Waals surface area contributed by atoms with Gasteiger partial charge in [0.1, 0.15) is 5.82 Å². The fourth-order valence-electron chi connectivity index (χ4n) is 4.51. The molecule has 0 aliphatic carbocycles. The largest absolute Gasteiger partial charge is 0.476 e. The molecule has 2 aromatic rings. The highest BCUT2D eigenvalue weighted by Gasteiger charge is 2.45. The van der Waals surface area contributed by atoms with Crippen molar-refractivity contribution in [1.82, 2.24) is 19.6 Å². The van der Waals surface area contributed by atoms with E-state index in [-0.39, 0.29) is 23.2 Å². The standard InChI is InChI=1S/C21H22ClF3N4O2/c1-14(29-7-4-18(26-29)19(30)31)28-8-5-20(6-9-28)12-27(13-20)11-15-10-16(22)2-3-17(15)21(23,24)25/h2-4,7,10H,1,5-6,8-9,11-13H2,(H,30,31). The van der Waals surface area contributed by atoms with Crippen LogP contribution in [0.25, 0.3) is 5.82 Å². The number of likely N-dealkylation sites (tertiary alicyclic amines) is 2. The highest BCUT2D eigenvalue weighted by atomic mass is 35.5. The van der Waals surface area contributed by atoms with Crippen LogP contribution in [0.4, 0.5) is 13.2 Å². The van der Waals surface area contributed by atoms with Crippen molar-refractivity contribution in [3.8, 4) is 0 Å². The minimum Gasteiger partial charge on any atom is -0.476 e. The van der Waals surface area contributed by atoms with Crippen LogP contribution in [-0.2, 0) is 12.7 Å². The maximum absolute atomic E-state index is 13.3. The van der Waals surface area contributed by atoms with E-state index < -0.39 is 17.7 Å². The number of carbonyl (C=O) groups is 1. The topological polar surface area (TPSA) is 61.6 Å².